The highest BCUT2D eigenvalue weighted by molar-refractivity contribution is 7.22. The third-order valence-electron chi connectivity index (χ3n) is 13.1. The molecule has 64 heavy (non-hydrogen) atoms. The summed E-state index contributed by atoms with van der Waals surface area (Å²) in [5.41, 5.74) is -0.635. The highest BCUT2D eigenvalue weighted by atomic mass is 32.1. The lowest BCUT2D eigenvalue weighted by Crippen LogP contribution is -2.54. The number of fused-ring (bicyclic) bond motifs is 1. The van der Waals surface area contributed by atoms with E-state index < -0.39 is 22.0 Å². The molecule has 9 heterocycles. The van der Waals surface area contributed by atoms with Gasteiger partial charge in [-0.2, -0.15) is 4.98 Å². The molecule has 0 bridgehead atoms. The van der Waals surface area contributed by atoms with Gasteiger partial charge in [0.15, 0.2) is 22.3 Å². The van der Waals surface area contributed by atoms with Crippen LogP contribution in [0.5, 0.6) is 0 Å². The van der Waals surface area contributed by atoms with Gasteiger partial charge in [-0.1, -0.05) is 11.3 Å². The van der Waals surface area contributed by atoms with E-state index in [1.807, 2.05) is 21.9 Å². The van der Waals surface area contributed by atoms with Gasteiger partial charge in [0, 0.05) is 69.6 Å². The molecule has 0 aromatic carbocycles. The second kappa shape index (κ2) is 17.8. The number of esters is 1. The number of nitrogens with one attached hydrogen (secondary N) is 2. The third-order valence-corrected chi connectivity index (χ3v) is 14.2. The van der Waals surface area contributed by atoms with E-state index in [1.165, 1.54) is 25.6 Å². The topological polar surface area (TPSA) is 257 Å². The normalized spacial score (nSPS) is 20.8. The summed E-state index contributed by atoms with van der Waals surface area (Å²) in [6, 6.07) is 10.4. The van der Waals surface area contributed by atoms with Crippen LogP contribution in [-0.2, 0) is 33.5 Å². The number of nitro groups is 1. The van der Waals surface area contributed by atoms with Crippen molar-refractivity contribution in [1.29, 1.82) is 0 Å². The fourth-order valence-corrected chi connectivity index (χ4v) is 10.3. The Balaban J connectivity index is 0.000000131. The van der Waals surface area contributed by atoms with Crippen LogP contribution < -0.4 is 25.3 Å². The number of rotatable bonds is 5. The maximum absolute atomic E-state index is 12.1. The van der Waals surface area contributed by atoms with Crippen molar-refractivity contribution in [3.63, 3.8) is 0 Å². The van der Waals surface area contributed by atoms with E-state index in [0.717, 1.165) is 47.2 Å². The molecule has 0 atom stereocenters. The number of aromatic nitrogens is 4. The first-order valence-electron chi connectivity index (χ1n) is 21.1. The highest BCUT2D eigenvalue weighted by Crippen LogP contribution is 2.43. The van der Waals surface area contributed by atoms with Gasteiger partial charge in [-0.25, -0.2) is 19.7 Å². The molecule has 4 aromatic rings. The lowest BCUT2D eigenvalue weighted by molar-refractivity contribution is -0.385. The summed E-state index contributed by atoms with van der Waals surface area (Å²) in [7, 11) is 1.33. The zero-order chi connectivity index (χ0) is 45.2. The van der Waals surface area contributed by atoms with E-state index in [9.17, 15) is 43.7 Å². The van der Waals surface area contributed by atoms with Gasteiger partial charge in [0.25, 0.3) is 5.69 Å². The summed E-state index contributed by atoms with van der Waals surface area (Å²) in [4.78, 5) is 115. The van der Waals surface area contributed by atoms with E-state index in [-0.39, 0.29) is 65.3 Å². The molecule has 5 saturated heterocycles. The summed E-state index contributed by atoms with van der Waals surface area (Å²) >= 11 is 1.64. The monoisotopic (exact) mass is 894 g/mol. The number of amides is 2. The van der Waals surface area contributed by atoms with E-state index in [2.05, 4.69) is 40.2 Å². The molecule has 6 fully saturated rings. The molecule has 20 nitrogen and oxygen atoms in total. The number of carbonyl (C=O) groups is 7. The van der Waals surface area contributed by atoms with Crippen LogP contribution in [0.1, 0.15) is 74.6 Å². The Kier molecular flexibility index (Phi) is 12.2. The summed E-state index contributed by atoms with van der Waals surface area (Å²) in [6.07, 6.45) is 8.77. The van der Waals surface area contributed by atoms with Crippen LogP contribution in [0.2, 0.25) is 0 Å². The van der Waals surface area contributed by atoms with Gasteiger partial charge < -0.3 is 30.1 Å². The van der Waals surface area contributed by atoms with E-state index >= 15 is 0 Å². The number of piperidine rings is 3. The van der Waals surface area contributed by atoms with Gasteiger partial charge in [-0.05, 0) is 68.9 Å². The van der Waals surface area contributed by atoms with Gasteiger partial charge in [0.1, 0.15) is 40.5 Å². The van der Waals surface area contributed by atoms with Crippen LogP contribution in [0.4, 0.5) is 22.5 Å². The number of thiazole rings is 1. The van der Waals surface area contributed by atoms with Crippen molar-refractivity contribution in [2.75, 3.05) is 61.1 Å². The molecule has 10 rings (SSSR count). The Labute approximate surface area is 370 Å². The molecule has 2 N–H and O–H groups in total. The Hall–Kier alpha value is -6.77. The predicted octanol–water partition coefficient (Wildman–Crippen LogP) is 2.92. The molecule has 4 aromatic heterocycles. The minimum Gasteiger partial charge on any atom is -0.465 e. The van der Waals surface area contributed by atoms with Gasteiger partial charge >= 0.3 is 5.97 Å². The predicted molar refractivity (Wildman–Crippen MR) is 231 cm³/mol. The summed E-state index contributed by atoms with van der Waals surface area (Å²) in [5, 5.41) is 17.2. The number of methoxy groups -OCH3 is 1. The second-order valence-corrected chi connectivity index (χ2v) is 17.9. The maximum Gasteiger partial charge on any atom is 0.339 e. The van der Waals surface area contributed by atoms with Crippen LogP contribution >= 0.6 is 11.3 Å². The van der Waals surface area contributed by atoms with E-state index in [0.29, 0.717) is 69.7 Å². The van der Waals surface area contributed by atoms with Crippen LogP contribution in [0.3, 0.4) is 0 Å². The molecule has 6 aliphatic rings. The standard InChI is InChI=1S/C15H17N3O4.C15H15N3O2S.C13H14N4O4/c1-22-14(21)10-2-3-12(16-9-10)18-6-4-15(5-7-18)11(19)8-13(20)17-15;19-10-8-12(20)15(9-10)3-6-18(7-4-15)14-17-13-11(21-14)2-1-5-16-13;18-10-7-12(19)15-13(10)3-5-16(6-4-13)11-2-1-9(8-14-11)17(20)21/h2-3,9H,4-8H2,1H3,(H,17,20);1-2,5H,3-4,6-9H2;1-2,8H,3-7H2,(H,15,19). The van der Waals surface area contributed by atoms with E-state index in [4.69, 9.17) is 0 Å². The molecule has 334 valence electrons. The third kappa shape index (κ3) is 8.88. The van der Waals surface area contributed by atoms with Crippen molar-refractivity contribution in [3.8, 4) is 0 Å². The number of Topliss-reactive ketones (excluding diaryl/α,β-unsaturated/α-hetero) is 4. The first-order chi connectivity index (χ1) is 30.7. The average molecular weight is 895 g/mol. The minimum atomic E-state index is -0.714. The number of hydrogen-bond acceptors (Lipinski definition) is 18. The first kappa shape index (κ1) is 43.9. The Morgan fingerprint density at radius 1 is 0.719 bits per heavy atom. The molecule has 0 radical (unpaired) electrons. The van der Waals surface area contributed by atoms with Crippen LogP contribution in [0.15, 0.2) is 55.0 Å². The van der Waals surface area contributed by atoms with Crippen molar-refractivity contribution in [2.45, 2.75) is 75.3 Å². The summed E-state index contributed by atoms with van der Waals surface area (Å²) < 4.78 is 5.72. The second-order valence-electron chi connectivity index (χ2n) is 16.9. The highest BCUT2D eigenvalue weighted by Gasteiger charge is 2.50. The van der Waals surface area contributed by atoms with Crippen molar-refractivity contribution in [1.82, 2.24) is 30.6 Å². The largest absolute Gasteiger partial charge is 0.465 e. The van der Waals surface area contributed by atoms with Gasteiger partial charge in [-0.3, -0.25) is 38.9 Å². The maximum atomic E-state index is 12.1. The number of pyridine rings is 3. The molecule has 21 heteroatoms. The van der Waals surface area contributed by atoms with Crippen molar-refractivity contribution in [3.05, 3.63) is 70.7 Å². The fraction of sp³-hybridized carbons (Fsp3) is 0.465. The van der Waals surface area contributed by atoms with Crippen molar-refractivity contribution in [2.24, 2.45) is 5.41 Å². The molecule has 1 saturated carbocycles. The quantitative estimate of drug-likeness (QED) is 0.126. The zero-order valence-corrected chi connectivity index (χ0v) is 35.9. The number of ether oxygens (including phenoxy) is 1. The number of nitrogens with zero attached hydrogens (tertiary/aromatic N) is 8. The number of anilines is 3. The molecule has 5 aliphatic heterocycles. The summed E-state index contributed by atoms with van der Waals surface area (Å²) in [5.74, 6) is 0.800. The molecule has 3 spiro atoms. The van der Waals surface area contributed by atoms with Crippen LogP contribution in [0.25, 0.3) is 10.3 Å². The molecular weight excluding hydrogens is 849 g/mol. The molecule has 2 amide bonds. The number of hydrogen-bond donors (Lipinski definition) is 2. The van der Waals surface area contributed by atoms with Gasteiger partial charge in [-0.15, -0.1) is 0 Å². The SMILES string of the molecule is COC(=O)c1ccc(N2CCC3(CC2)NC(=O)CC3=O)nc1.O=C1CC(=O)C2(CCN(c3ccc([N+](=O)[O-])cn3)CC2)N1.O=C1CC(=O)C2(CCN(c3nc4ncccc4s3)CC2)C1. The Morgan fingerprint density at radius 3 is 1.72 bits per heavy atom. The fourth-order valence-electron chi connectivity index (χ4n) is 9.30. The molecular formula is C43H46N10O10S. The molecule has 1 aliphatic carbocycles. The Bertz CT molecular complexity index is 2470. The first-order valence-corrected chi connectivity index (χ1v) is 21.9. The lowest BCUT2D eigenvalue weighted by Gasteiger charge is -2.38. The lowest BCUT2D eigenvalue weighted by atomic mass is 9.76. The minimum absolute atomic E-state index is 0.00786. The summed E-state index contributed by atoms with van der Waals surface area (Å²) in [6.45, 7) is 4.01. The number of ketones is 4. The molecule has 0 unspecified atom stereocenters. The van der Waals surface area contributed by atoms with Crippen molar-refractivity contribution < 1.29 is 43.2 Å². The smallest absolute Gasteiger partial charge is 0.339 e. The van der Waals surface area contributed by atoms with Crippen molar-refractivity contribution >= 4 is 85.1 Å². The van der Waals surface area contributed by atoms with Gasteiger partial charge in [0.2, 0.25) is 11.8 Å². The van der Waals surface area contributed by atoms with Crippen LogP contribution in [-0.4, -0.2) is 123 Å². The Morgan fingerprint density at radius 2 is 1.28 bits per heavy atom. The van der Waals surface area contributed by atoms with Crippen LogP contribution in [0, 0.1) is 15.5 Å². The average Bonchev–Trinajstić information content (AvgIpc) is 4.01. The van der Waals surface area contributed by atoms with E-state index in [1.54, 1.807) is 35.7 Å². The van der Waals surface area contributed by atoms with Gasteiger partial charge in [0.05, 0.1) is 41.6 Å². The zero-order valence-electron chi connectivity index (χ0n) is 35.1. The number of carbonyl (C=O) groups excluding carboxylic acids is 7.